The van der Waals surface area contributed by atoms with Crippen molar-refractivity contribution in [2.75, 3.05) is 43.4 Å². The van der Waals surface area contributed by atoms with Crippen LogP contribution in [0.15, 0.2) is 60.9 Å². The standard InChI is InChI=1S/C34H44N8O2/c1-24(2)11-12-29-34(44)41-16-14-40(15-17-41)21-25-6-3-8-27(18-25)37-31-20-32(36-23-35-31)38-28-9-4-7-26(19-28)22-42-13-5-10-30(42)33(43)39-29/h3-4,6-9,18-20,23-24,29-30H,5,10-17,21-22H2,1-2H3,(H,39,43)(H2,35,36,37,38)/t29-,30-/m0/s1. The Morgan fingerprint density at radius 3 is 2.16 bits per heavy atom. The van der Waals surface area contributed by atoms with Crippen LogP contribution in [0.4, 0.5) is 23.0 Å². The maximum atomic E-state index is 13.8. The number of nitrogens with one attached hydrogen (secondary N) is 3. The van der Waals surface area contributed by atoms with Crippen LogP contribution in [0.3, 0.4) is 0 Å². The van der Waals surface area contributed by atoms with Gasteiger partial charge in [-0.3, -0.25) is 19.4 Å². The van der Waals surface area contributed by atoms with E-state index in [9.17, 15) is 9.59 Å². The van der Waals surface area contributed by atoms with Gasteiger partial charge in [0.1, 0.15) is 24.0 Å². The van der Waals surface area contributed by atoms with E-state index in [2.05, 4.69) is 79.9 Å². The van der Waals surface area contributed by atoms with E-state index in [0.717, 1.165) is 62.4 Å². The number of piperazine rings is 1. The van der Waals surface area contributed by atoms with Crippen molar-refractivity contribution in [2.45, 2.75) is 64.7 Å². The Hall–Kier alpha value is -4.02. The van der Waals surface area contributed by atoms with Crippen molar-refractivity contribution >= 4 is 34.8 Å². The van der Waals surface area contributed by atoms with Crippen LogP contribution < -0.4 is 16.0 Å². The van der Waals surface area contributed by atoms with Crippen molar-refractivity contribution < 1.29 is 9.59 Å². The molecule has 44 heavy (non-hydrogen) atoms. The lowest BCUT2D eigenvalue weighted by Crippen LogP contribution is -2.56. The van der Waals surface area contributed by atoms with E-state index in [4.69, 9.17) is 0 Å². The number of hydrogen-bond donors (Lipinski definition) is 3. The Bertz CT molecular complexity index is 1450. The number of carbonyl (C=O) groups excluding carboxylic acids is 2. The van der Waals surface area contributed by atoms with Gasteiger partial charge in [-0.1, -0.05) is 38.1 Å². The van der Waals surface area contributed by atoms with Crippen LogP contribution in [0.5, 0.6) is 0 Å². The molecule has 4 aliphatic heterocycles. The normalized spacial score (nSPS) is 23.1. The number of fused-ring (bicyclic) bond motifs is 5. The molecule has 5 heterocycles. The van der Waals surface area contributed by atoms with E-state index in [1.807, 2.05) is 29.2 Å². The maximum Gasteiger partial charge on any atom is 0.245 e. The van der Waals surface area contributed by atoms with E-state index in [0.29, 0.717) is 43.6 Å². The highest BCUT2D eigenvalue weighted by Gasteiger charge is 2.35. The first-order valence-corrected chi connectivity index (χ1v) is 16.0. The molecule has 2 aromatic carbocycles. The smallest absolute Gasteiger partial charge is 0.245 e. The highest BCUT2D eigenvalue weighted by Crippen LogP contribution is 2.25. The van der Waals surface area contributed by atoms with Gasteiger partial charge in [0, 0.05) is 56.7 Å². The fourth-order valence-electron chi connectivity index (χ4n) is 6.46. The van der Waals surface area contributed by atoms with Crippen LogP contribution in [0.2, 0.25) is 0 Å². The lowest BCUT2D eigenvalue weighted by Gasteiger charge is -2.37. The summed E-state index contributed by atoms with van der Waals surface area (Å²) >= 11 is 0. The number of hydrogen-bond acceptors (Lipinski definition) is 8. The van der Waals surface area contributed by atoms with Gasteiger partial charge >= 0.3 is 0 Å². The van der Waals surface area contributed by atoms with Gasteiger partial charge < -0.3 is 20.9 Å². The summed E-state index contributed by atoms with van der Waals surface area (Å²) in [5.41, 5.74) is 4.19. The lowest BCUT2D eigenvalue weighted by molar-refractivity contribution is -0.139. The Morgan fingerprint density at radius 1 is 0.841 bits per heavy atom. The first-order chi connectivity index (χ1) is 21.4. The fourth-order valence-corrected chi connectivity index (χ4v) is 6.46. The van der Waals surface area contributed by atoms with Gasteiger partial charge in [0.05, 0.1) is 6.04 Å². The van der Waals surface area contributed by atoms with Crippen molar-refractivity contribution in [3.63, 3.8) is 0 Å². The SMILES string of the molecule is CC(C)CC[C@@H]1NC(=O)[C@@H]2CCCN2Cc2cccc(c2)Nc2cc(ncn2)Nc2cccc(c2)CN2CCN(CC2)C1=O. The molecule has 0 unspecified atom stereocenters. The molecule has 1 aromatic heterocycles. The largest absolute Gasteiger partial charge is 0.343 e. The van der Waals surface area contributed by atoms with Crippen molar-refractivity contribution in [3.8, 4) is 0 Å². The van der Waals surface area contributed by atoms with Gasteiger partial charge in [0.15, 0.2) is 0 Å². The second kappa shape index (κ2) is 13.7. The average molecular weight is 597 g/mol. The number of nitrogens with zero attached hydrogens (tertiary/aromatic N) is 5. The first kappa shape index (κ1) is 30.0. The van der Waals surface area contributed by atoms with E-state index in [1.54, 1.807) is 6.33 Å². The summed E-state index contributed by atoms with van der Waals surface area (Å²) in [6.07, 6.45) is 4.86. The molecule has 0 saturated carbocycles. The Morgan fingerprint density at radius 2 is 1.50 bits per heavy atom. The zero-order chi connectivity index (χ0) is 30.5. The summed E-state index contributed by atoms with van der Waals surface area (Å²) < 4.78 is 0. The van der Waals surface area contributed by atoms with Crippen molar-refractivity contribution in [1.82, 2.24) is 30.0 Å². The molecule has 8 bridgehead atoms. The zero-order valence-electron chi connectivity index (χ0n) is 25.8. The van der Waals surface area contributed by atoms with Crippen molar-refractivity contribution in [1.29, 1.82) is 0 Å². The topological polar surface area (TPSA) is 106 Å². The molecule has 7 rings (SSSR count). The number of amides is 2. The Kier molecular flexibility index (Phi) is 9.37. The third kappa shape index (κ3) is 7.54. The summed E-state index contributed by atoms with van der Waals surface area (Å²) in [6.45, 7) is 9.55. The van der Waals surface area contributed by atoms with Gasteiger partial charge in [-0.25, -0.2) is 9.97 Å². The molecule has 3 aromatic rings. The van der Waals surface area contributed by atoms with E-state index < -0.39 is 6.04 Å². The predicted octanol–water partition coefficient (Wildman–Crippen LogP) is 4.51. The molecule has 2 saturated heterocycles. The highest BCUT2D eigenvalue weighted by molar-refractivity contribution is 5.90. The number of benzene rings is 2. The number of rotatable bonds is 3. The van der Waals surface area contributed by atoms with Crippen LogP contribution in [0.25, 0.3) is 0 Å². The summed E-state index contributed by atoms with van der Waals surface area (Å²) in [5.74, 6) is 1.88. The van der Waals surface area contributed by atoms with E-state index in [-0.39, 0.29) is 17.9 Å². The number of anilines is 4. The Labute approximate surface area is 260 Å². The molecule has 3 N–H and O–H groups in total. The van der Waals surface area contributed by atoms with Gasteiger partial charge in [-0.05, 0) is 73.5 Å². The number of carbonyl (C=O) groups is 2. The fraction of sp³-hybridized carbons (Fsp3) is 0.471. The average Bonchev–Trinajstić information content (AvgIpc) is 3.47. The second-order valence-electron chi connectivity index (χ2n) is 12.7. The van der Waals surface area contributed by atoms with Gasteiger partial charge in [0.25, 0.3) is 0 Å². The number of aromatic nitrogens is 2. The molecule has 4 aliphatic rings. The van der Waals surface area contributed by atoms with Crippen LogP contribution in [-0.2, 0) is 22.7 Å². The van der Waals surface area contributed by atoms with Gasteiger partial charge in [-0.15, -0.1) is 0 Å². The summed E-state index contributed by atoms with van der Waals surface area (Å²) in [7, 11) is 0. The Balaban J connectivity index is 1.28. The summed E-state index contributed by atoms with van der Waals surface area (Å²) in [5, 5.41) is 10.1. The van der Waals surface area contributed by atoms with E-state index >= 15 is 0 Å². The molecular formula is C34H44N8O2. The van der Waals surface area contributed by atoms with Crippen LogP contribution >= 0.6 is 0 Å². The van der Waals surface area contributed by atoms with Crippen LogP contribution in [0, 0.1) is 5.92 Å². The minimum atomic E-state index is -0.494. The van der Waals surface area contributed by atoms with Gasteiger partial charge in [0.2, 0.25) is 11.8 Å². The first-order valence-electron chi connectivity index (χ1n) is 16.0. The molecule has 2 amide bonds. The van der Waals surface area contributed by atoms with Crippen molar-refractivity contribution in [2.24, 2.45) is 5.92 Å². The quantitative estimate of drug-likeness (QED) is 0.406. The molecule has 2 atom stereocenters. The van der Waals surface area contributed by atoms with Gasteiger partial charge in [-0.2, -0.15) is 0 Å². The predicted molar refractivity (Wildman–Crippen MR) is 173 cm³/mol. The minimum Gasteiger partial charge on any atom is -0.343 e. The van der Waals surface area contributed by atoms with Crippen LogP contribution in [0.1, 0.15) is 50.7 Å². The third-order valence-electron chi connectivity index (χ3n) is 8.86. The lowest BCUT2D eigenvalue weighted by atomic mass is 10.0. The molecule has 0 aliphatic carbocycles. The highest BCUT2D eigenvalue weighted by atomic mass is 16.2. The summed E-state index contributed by atoms with van der Waals surface area (Å²) in [4.78, 5) is 43.0. The second-order valence-corrected chi connectivity index (χ2v) is 12.7. The molecule has 0 radical (unpaired) electrons. The van der Waals surface area contributed by atoms with Crippen LogP contribution in [-0.4, -0.2) is 81.3 Å². The maximum absolute atomic E-state index is 13.8. The monoisotopic (exact) mass is 596 g/mol. The third-order valence-corrected chi connectivity index (χ3v) is 8.86. The summed E-state index contributed by atoms with van der Waals surface area (Å²) in [6, 6.07) is 17.8. The molecule has 2 fully saturated rings. The minimum absolute atomic E-state index is 0.0307. The molecule has 10 nitrogen and oxygen atoms in total. The molecular weight excluding hydrogens is 552 g/mol. The van der Waals surface area contributed by atoms with Crippen molar-refractivity contribution in [3.05, 3.63) is 72.1 Å². The zero-order valence-corrected chi connectivity index (χ0v) is 25.8. The molecule has 0 spiro atoms. The molecule has 232 valence electrons. The van der Waals surface area contributed by atoms with E-state index in [1.165, 1.54) is 5.56 Å². The molecule has 10 heteroatoms.